The van der Waals surface area contributed by atoms with Crippen LogP contribution in [0.15, 0.2) is 6.33 Å². The molecule has 4 nitrogen and oxygen atoms in total. The predicted molar refractivity (Wildman–Crippen MR) is 66.1 cm³/mol. The van der Waals surface area contributed by atoms with Gasteiger partial charge in [0.2, 0.25) is 0 Å². The van der Waals surface area contributed by atoms with Gasteiger partial charge in [0.25, 0.3) is 0 Å². The largest absolute Gasteiger partial charge is 0.391 e. The second-order valence-corrected chi connectivity index (χ2v) is 5.26. The number of nitrogens with zero attached hydrogens (tertiary/aromatic N) is 3. The van der Waals surface area contributed by atoms with E-state index in [-0.39, 0.29) is 6.10 Å². The van der Waals surface area contributed by atoms with Gasteiger partial charge in [0.15, 0.2) is 0 Å². The topological polar surface area (TPSA) is 49.2 Å². The first-order chi connectivity index (χ1) is 8.25. The maximum atomic E-state index is 9.97. The number of piperidine rings is 1. The lowest BCUT2D eigenvalue weighted by atomic mass is 9.96. The summed E-state index contributed by atoms with van der Waals surface area (Å²) < 4.78 is 0. The Morgan fingerprint density at radius 1 is 1.35 bits per heavy atom. The summed E-state index contributed by atoms with van der Waals surface area (Å²) in [5.41, 5.74) is 2.53. The van der Waals surface area contributed by atoms with Gasteiger partial charge < -0.3 is 10.0 Å². The molecule has 1 aliphatic carbocycles. The molecule has 0 aromatic carbocycles. The first-order valence-corrected chi connectivity index (χ1v) is 6.51. The lowest BCUT2D eigenvalue weighted by Gasteiger charge is -2.35. The van der Waals surface area contributed by atoms with Crippen molar-refractivity contribution in [2.45, 2.75) is 38.7 Å². The summed E-state index contributed by atoms with van der Waals surface area (Å²) in [6, 6.07) is 0. The van der Waals surface area contributed by atoms with Crippen molar-refractivity contribution >= 4 is 5.82 Å². The maximum Gasteiger partial charge on any atom is 0.135 e. The Bertz CT molecular complexity index is 421. The van der Waals surface area contributed by atoms with Crippen molar-refractivity contribution < 1.29 is 5.11 Å². The van der Waals surface area contributed by atoms with Crippen molar-refractivity contribution in [3.8, 4) is 0 Å². The van der Waals surface area contributed by atoms with Crippen LogP contribution in [0.3, 0.4) is 0 Å². The summed E-state index contributed by atoms with van der Waals surface area (Å²) >= 11 is 0. The summed E-state index contributed by atoms with van der Waals surface area (Å²) in [6.07, 6.45) is 5.85. The quantitative estimate of drug-likeness (QED) is 0.791. The van der Waals surface area contributed by atoms with Crippen LogP contribution in [-0.4, -0.2) is 34.3 Å². The monoisotopic (exact) mass is 233 g/mol. The number of aliphatic hydroxyl groups excluding tert-OH is 1. The summed E-state index contributed by atoms with van der Waals surface area (Å²) in [5, 5.41) is 9.97. The highest BCUT2D eigenvalue weighted by atomic mass is 16.3. The third kappa shape index (κ3) is 1.90. The van der Waals surface area contributed by atoms with Crippen molar-refractivity contribution in [3.05, 3.63) is 17.6 Å². The van der Waals surface area contributed by atoms with E-state index in [1.807, 2.05) is 0 Å². The second kappa shape index (κ2) is 4.26. The summed E-state index contributed by atoms with van der Waals surface area (Å²) in [4.78, 5) is 11.0. The van der Waals surface area contributed by atoms with Crippen molar-refractivity contribution in [1.82, 2.24) is 9.97 Å². The van der Waals surface area contributed by atoms with Crippen LogP contribution < -0.4 is 4.90 Å². The van der Waals surface area contributed by atoms with E-state index < -0.39 is 0 Å². The first-order valence-electron chi connectivity index (χ1n) is 6.51. The van der Waals surface area contributed by atoms with E-state index >= 15 is 0 Å². The minimum Gasteiger partial charge on any atom is -0.391 e. The molecule has 1 aliphatic heterocycles. The van der Waals surface area contributed by atoms with E-state index in [0.717, 1.165) is 31.6 Å². The highest BCUT2D eigenvalue weighted by Gasteiger charge is 2.28. The number of anilines is 1. The Balaban J connectivity index is 1.87. The number of rotatable bonds is 1. The molecule has 0 spiro atoms. The first kappa shape index (κ1) is 11.0. The lowest BCUT2D eigenvalue weighted by Crippen LogP contribution is -2.43. The third-order valence-electron chi connectivity index (χ3n) is 4.07. The van der Waals surface area contributed by atoms with Gasteiger partial charge in [0, 0.05) is 24.3 Å². The van der Waals surface area contributed by atoms with E-state index in [9.17, 15) is 5.11 Å². The summed E-state index contributed by atoms with van der Waals surface area (Å²) in [7, 11) is 0. The van der Waals surface area contributed by atoms with Crippen LogP contribution in [0.4, 0.5) is 5.82 Å². The van der Waals surface area contributed by atoms with Gasteiger partial charge in [0.1, 0.15) is 12.1 Å². The molecule has 1 aromatic heterocycles. The van der Waals surface area contributed by atoms with Crippen molar-refractivity contribution in [2.75, 3.05) is 18.0 Å². The molecule has 2 heterocycles. The number of aryl methyl sites for hydroxylation is 1. The molecular weight excluding hydrogens is 214 g/mol. The van der Waals surface area contributed by atoms with Crippen LogP contribution in [0.5, 0.6) is 0 Å². The van der Waals surface area contributed by atoms with E-state index in [2.05, 4.69) is 21.8 Å². The number of fused-ring (bicyclic) bond motifs is 1. The molecule has 92 valence electrons. The van der Waals surface area contributed by atoms with Crippen LogP contribution in [0.1, 0.15) is 31.0 Å². The molecule has 0 amide bonds. The fourth-order valence-corrected chi connectivity index (χ4v) is 2.86. The van der Waals surface area contributed by atoms with E-state index in [4.69, 9.17) is 0 Å². The molecule has 2 aliphatic rings. The number of hydrogen-bond acceptors (Lipinski definition) is 4. The Morgan fingerprint density at radius 2 is 2.24 bits per heavy atom. The van der Waals surface area contributed by atoms with E-state index in [1.54, 1.807) is 6.33 Å². The van der Waals surface area contributed by atoms with Crippen LogP contribution >= 0.6 is 0 Å². The molecule has 17 heavy (non-hydrogen) atoms. The van der Waals surface area contributed by atoms with Crippen LogP contribution in [0.2, 0.25) is 0 Å². The minimum absolute atomic E-state index is 0.226. The molecule has 1 aromatic rings. The Morgan fingerprint density at radius 3 is 3.06 bits per heavy atom. The molecule has 4 heteroatoms. The highest BCUT2D eigenvalue weighted by molar-refractivity contribution is 5.50. The van der Waals surface area contributed by atoms with Crippen LogP contribution in [-0.2, 0) is 12.8 Å². The Labute approximate surface area is 102 Å². The van der Waals surface area contributed by atoms with Crippen molar-refractivity contribution in [1.29, 1.82) is 0 Å². The summed E-state index contributed by atoms with van der Waals surface area (Å²) in [6.45, 7) is 3.83. The highest BCUT2D eigenvalue weighted by Crippen LogP contribution is 2.30. The average molecular weight is 233 g/mol. The fraction of sp³-hybridized carbons (Fsp3) is 0.692. The number of aliphatic hydroxyl groups is 1. The van der Waals surface area contributed by atoms with Gasteiger partial charge >= 0.3 is 0 Å². The maximum absolute atomic E-state index is 9.97. The average Bonchev–Trinajstić information content (AvgIpc) is 2.80. The van der Waals surface area contributed by atoms with Crippen molar-refractivity contribution in [3.63, 3.8) is 0 Å². The van der Waals surface area contributed by atoms with Gasteiger partial charge in [-0.3, -0.25) is 0 Å². The van der Waals surface area contributed by atoms with E-state index in [0.29, 0.717) is 12.5 Å². The lowest BCUT2D eigenvalue weighted by molar-refractivity contribution is 0.102. The fourth-order valence-electron chi connectivity index (χ4n) is 2.86. The van der Waals surface area contributed by atoms with Gasteiger partial charge in [-0.1, -0.05) is 6.92 Å². The van der Waals surface area contributed by atoms with Gasteiger partial charge in [-0.15, -0.1) is 0 Å². The Hall–Kier alpha value is -1.16. The molecule has 1 fully saturated rings. The SMILES string of the molecule is CC1CCN(c2ncnc3c2CCC3)CC1O. The molecule has 2 atom stereocenters. The Kier molecular flexibility index (Phi) is 2.74. The normalized spacial score (nSPS) is 28.2. The van der Waals surface area contributed by atoms with Gasteiger partial charge in [-0.25, -0.2) is 9.97 Å². The standard InChI is InChI=1S/C13H19N3O/c1-9-5-6-16(7-12(9)17)13-10-3-2-4-11(10)14-8-15-13/h8-9,12,17H,2-7H2,1H3. The van der Waals surface area contributed by atoms with Crippen LogP contribution in [0, 0.1) is 5.92 Å². The molecule has 0 saturated carbocycles. The zero-order chi connectivity index (χ0) is 11.8. The van der Waals surface area contributed by atoms with Gasteiger partial charge in [-0.05, 0) is 31.6 Å². The molecule has 0 bridgehead atoms. The molecule has 1 saturated heterocycles. The predicted octanol–water partition coefficient (Wildman–Crippen LogP) is 1.17. The molecule has 3 rings (SSSR count). The molecule has 0 radical (unpaired) electrons. The molecule has 1 N–H and O–H groups in total. The number of aromatic nitrogens is 2. The number of hydrogen-bond donors (Lipinski definition) is 1. The molecular formula is C13H19N3O. The summed E-state index contributed by atoms with van der Waals surface area (Å²) in [5.74, 6) is 1.47. The van der Waals surface area contributed by atoms with E-state index in [1.165, 1.54) is 17.7 Å². The third-order valence-corrected chi connectivity index (χ3v) is 4.07. The molecule has 2 unspecified atom stereocenters. The van der Waals surface area contributed by atoms with Crippen LogP contribution in [0.25, 0.3) is 0 Å². The number of β-amino-alcohol motifs (C(OH)–C–C–N with tert-alkyl or cyclic N) is 1. The zero-order valence-electron chi connectivity index (χ0n) is 10.3. The second-order valence-electron chi connectivity index (χ2n) is 5.26. The smallest absolute Gasteiger partial charge is 0.135 e. The van der Waals surface area contributed by atoms with Gasteiger partial charge in [0.05, 0.1) is 6.10 Å². The zero-order valence-corrected chi connectivity index (χ0v) is 10.3. The minimum atomic E-state index is -0.226. The van der Waals surface area contributed by atoms with Gasteiger partial charge in [-0.2, -0.15) is 0 Å². The van der Waals surface area contributed by atoms with Crippen molar-refractivity contribution in [2.24, 2.45) is 5.92 Å².